The van der Waals surface area contributed by atoms with Gasteiger partial charge >= 0.3 is 5.97 Å². The number of aryl methyl sites for hydroxylation is 1. The van der Waals surface area contributed by atoms with Crippen LogP contribution in [0.3, 0.4) is 0 Å². The minimum absolute atomic E-state index is 0.265. The molecule has 0 saturated heterocycles. The molecule has 100 valence electrons. The number of nitrogens with zero attached hydrogens (tertiary/aromatic N) is 1. The second-order valence-electron chi connectivity index (χ2n) is 4.70. The summed E-state index contributed by atoms with van der Waals surface area (Å²) in [5.41, 5.74) is 3.14. The summed E-state index contributed by atoms with van der Waals surface area (Å²) in [5.74, 6) is -0.371. The lowest BCUT2D eigenvalue weighted by Gasteiger charge is -2.02. The van der Waals surface area contributed by atoms with Crippen molar-refractivity contribution < 1.29 is 9.53 Å². The topological polar surface area (TPSA) is 55.0 Å². The van der Waals surface area contributed by atoms with Crippen molar-refractivity contribution in [3.8, 4) is 0 Å². The lowest BCUT2D eigenvalue weighted by Crippen LogP contribution is -2.05. The van der Waals surface area contributed by atoms with Crippen LogP contribution in [0.15, 0.2) is 48.7 Å². The molecule has 0 aliphatic rings. The molecule has 3 aromatic rings. The van der Waals surface area contributed by atoms with E-state index in [0.717, 1.165) is 16.5 Å². The molecule has 4 heteroatoms. The number of nitrogens with one attached hydrogen (secondary N) is 1. The summed E-state index contributed by atoms with van der Waals surface area (Å²) in [6, 6.07) is 13.3. The summed E-state index contributed by atoms with van der Waals surface area (Å²) in [5, 5.41) is 0.914. The van der Waals surface area contributed by atoms with E-state index in [2.05, 4.69) is 9.97 Å². The van der Waals surface area contributed by atoms with Crippen LogP contribution in [-0.2, 0) is 11.3 Å². The highest BCUT2D eigenvalue weighted by Crippen LogP contribution is 2.15. The van der Waals surface area contributed by atoms with Crippen molar-refractivity contribution in [2.75, 3.05) is 0 Å². The van der Waals surface area contributed by atoms with E-state index in [-0.39, 0.29) is 12.6 Å². The maximum atomic E-state index is 12.0. The van der Waals surface area contributed by atoms with Gasteiger partial charge in [-0.3, -0.25) is 0 Å². The third-order valence-electron chi connectivity index (χ3n) is 3.04. The Labute approximate surface area is 116 Å². The van der Waals surface area contributed by atoms with Crippen LogP contribution < -0.4 is 0 Å². The Bertz CT molecular complexity index is 748. The van der Waals surface area contributed by atoms with Crippen molar-refractivity contribution in [2.24, 2.45) is 0 Å². The molecule has 4 nitrogen and oxygen atoms in total. The van der Waals surface area contributed by atoms with Gasteiger partial charge in [-0.05, 0) is 30.2 Å². The maximum absolute atomic E-state index is 12.0. The van der Waals surface area contributed by atoms with Gasteiger partial charge in [-0.25, -0.2) is 9.78 Å². The molecular weight excluding hydrogens is 252 g/mol. The number of esters is 1. The van der Waals surface area contributed by atoms with Gasteiger partial charge in [0.1, 0.15) is 17.9 Å². The third kappa shape index (κ3) is 2.54. The summed E-state index contributed by atoms with van der Waals surface area (Å²) < 4.78 is 5.28. The Morgan fingerprint density at radius 1 is 1.25 bits per heavy atom. The largest absolute Gasteiger partial charge is 0.456 e. The molecule has 0 spiro atoms. The van der Waals surface area contributed by atoms with E-state index in [1.165, 1.54) is 0 Å². The lowest BCUT2D eigenvalue weighted by atomic mass is 10.2. The number of aromatic amines is 1. The summed E-state index contributed by atoms with van der Waals surface area (Å²) in [6.45, 7) is 2.23. The predicted molar refractivity (Wildman–Crippen MR) is 76.4 cm³/mol. The Kier molecular flexibility index (Phi) is 3.21. The van der Waals surface area contributed by atoms with Crippen LogP contribution in [0.1, 0.15) is 21.6 Å². The van der Waals surface area contributed by atoms with Crippen LogP contribution in [0, 0.1) is 6.92 Å². The third-order valence-corrected chi connectivity index (χ3v) is 3.04. The van der Waals surface area contributed by atoms with Gasteiger partial charge in [-0.15, -0.1) is 0 Å². The van der Waals surface area contributed by atoms with Crippen LogP contribution in [0.25, 0.3) is 11.0 Å². The van der Waals surface area contributed by atoms with Crippen molar-refractivity contribution in [3.05, 3.63) is 65.5 Å². The van der Waals surface area contributed by atoms with Crippen LogP contribution in [-0.4, -0.2) is 15.9 Å². The number of fused-ring (bicyclic) bond motifs is 1. The first-order chi connectivity index (χ1) is 9.72. The molecule has 20 heavy (non-hydrogen) atoms. The number of benzene rings is 1. The number of rotatable bonds is 3. The summed E-state index contributed by atoms with van der Waals surface area (Å²) in [6.07, 6.45) is 1.76. The highest BCUT2D eigenvalue weighted by Gasteiger charge is 2.11. The van der Waals surface area contributed by atoms with Gasteiger partial charge in [0.05, 0.1) is 0 Å². The molecule has 0 fully saturated rings. The lowest BCUT2D eigenvalue weighted by molar-refractivity contribution is 0.0467. The van der Waals surface area contributed by atoms with Crippen molar-refractivity contribution in [2.45, 2.75) is 13.5 Å². The van der Waals surface area contributed by atoms with E-state index < -0.39 is 0 Å². The van der Waals surface area contributed by atoms with Crippen LogP contribution in [0.5, 0.6) is 0 Å². The number of aromatic nitrogens is 2. The summed E-state index contributed by atoms with van der Waals surface area (Å²) in [7, 11) is 0. The first kappa shape index (κ1) is 12.4. The fourth-order valence-electron chi connectivity index (χ4n) is 2.04. The molecule has 0 radical (unpaired) electrons. The molecule has 0 aliphatic carbocycles. The van der Waals surface area contributed by atoms with Crippen LogP contribution in [0.4, 0.5) is 0 Å². The van der Waals surface area contributed by atoms with Gasteiger partial charge in [0, 0.05) is 11.6 Å². The van der Waals surface area contributed by atoms with Gasteiger partial charge in [-0.1, -0.05) is 30.3 Å². The molecule has 1 aromatic carbocycles. The average Bonchev–Trinajstić information content (AvgIpc) is 2.89. The summed E-state index contributed by atoms with van der Waals surface area (Å²) in [4.78, 5) is 19.2. The zero-order valence-electron chi connectivity index (χ0n) is 11.1. The SMILES string of the molecule is Cc1cnc2[nH]c(C(=O)OCc3ccccc3)cc2c1. The number of pyridine rings is 1. The number of carbonyl (C=O) groups is 1. The molecular formula is C16H14N2O2. The molecule has 0 unspecified atom stereocenters. The molecule has 0 amide bonds. The summed E-state index contributed by atoms with van der Waals surface area (Å²) >= 11 is 0. The molecule has 0 aliphatic heterocycles. The second-order valence-corrected chi connectivity index (χ2v) is 4.70. The average molecular weight is 266 g/mol. The molecule has 2 heterocycles. The van der Waals surface area contributed by atoms with E-state index in [9.17, 15) is 4.79 Å². The van der Waals surface area contributed by atoms with Crippen molar-refractivity contribution in [3.63, 3.8) is 0 Å². The molecule has 1 N–H and O–H groups in total. The zero-order valence-corrected chi connectivity index (χ0v) is 11.1. The Balaban J connectivity index is 1.75. The highest BCUT2D eigenvalue weighted by atomic mass is 16.5. The van der Waals surface area contributed by atoms with E-state index >= 15 is 0 Å². The van der Waals surface area contributed by atoms with Crippen molar-refractivity contribution in [1.82, 2.24) is 9.97 Å². The number of H-pyrrole nitrogens is 1. The number of hydrogen-bond donors (Lipinski definition) is 1. The first-order valence-corrected chi connectivity index (χ1v) is 6.39. The highest BCUT2D eigenvalue weighted by molar-refractivity contribution is 5.93. The van der Waals surface area contributed by atoms with Gasteiger partial charge < -0.3 is 9.72 Å². The van der Waals surface area contributed by atoms with Crippen LogP contribution >= 0.6 is 0 Å². The fourth-order valence-corrected chi connectivity index (χ4v) is 2.04. The first-order valence-electron chi connectivity index (χ1n) is 6.39. The predicted octanol–water partition coefficient (Wildman–Crippen LogP) is 3.23. The van der Waals surface area contributed by atoms with Gasteiger partial charge in [-0.2, -0.15) is 0 Å². The molecule has 2 aromatic heterocycles. The quantitative estimate of drug-likeness (QED) is 0.740. The van der Waals surface area contributed by atoms with E-state index in [4.69, 9.17) is 4.74 Å². The van der Waals surface area contributed by atoms with E-state index in [1.807, 2.05) is 43.3 Å². The monoisotopic (exact) mass is 266 g/mol. The van der Waals surface area contributed by atoms with Crippen molar-refractivity contribution >= 4 is 17.0 Å². The number of ether oxygens (including phenoxy) is 1. The van der Waals surface area contributed by atoms with E-state index in [1.54, 1.807) is 12.3 Å². The Hall–Kier alpha value is -2.62. The maximum Gasteiger partial charge on any atom is 0.355 e. The van der Waals surface area contributed by atoms with Crippen molar-refractivity contribution in [1.29, 1.82) is 0 Å². The minimum atomic E-state index is -0.371. The molecule has 0 atom stereocenters. The smallest absolute Gasteiger partial charge is 0.355 e. The zero-order chi connectivity index (χ0) is 13.9. The van der Waals surface area contributed by atoms with E-state index in [0.29, 0.717) is 11.3 Å². The number of carbonyl (C=O) groups excluding carboxylic acids is 1. The Morgan fingerprint density at radius 3 is 2.85 bits per heavy atom. The minimum Gasteiger partial charge on any atom is -0.456 e. The number of hydrogen-bond acceptors (Lipinski definition) is 3. The van der Waals surface area contributed by atoms with Gasteiger partial charge in [0.2, 0.25) is 0 Å². The Morgan fingerprint density at radius 2 is 2.05 bits per heavy atom. The van der Waals surface area contributed by atoms with Gasteiger partial charge in [0.15, 0.2) is 0 Å². The standard InChI is InChI=1S/C16H14N2O2/c1-11-7-13-8-14(18-15(13)17-9-11)16(19)20-10-12-5-3-2-4-6-12/h2-9H,10H2,1H3,(H,17,18). The van der Waals surface area contributed by atoms with Crippen LogP contribution in [0.2, 0.25) is 0 Å². The fraction of sp³-hybridized carbons (Fsp3) is 0.125. The normalized spacial score (nSPS) is 10.7. The molecule has 0 saturated carbocycles. The molecule has 3 rings (SSSR count). The molecule has 0 bridgehead atoms. The second kappa shape index (κ2) is 5.17. The van der Waals surface area contributed by atoms with Gasteiger partial charge in [0.25, 0.3) is 0 Å².